The van der Waals surface area contributed by atoms with Gasteiger partial charge in [-0.25, -0.2) is 0 Å². The molecule has 0 aliphatic carbocycles. The number of ether oxygens (including phenoxy) is 2. The third-order valence-corrected chi connectivity index (χ3v) is 4.62. The van der Waals surface area contributed by atoms with Crippen LogP contribution < -0.4 is 0 Å². The van der Waals surface area contributed by atoms with E-state index in [9.17, 15) is 0 Å². The highest BCUT2D eigenvalue weighted by molar-refractivity contribution is 4.86. The molecule has 0 spiro atoms. The maximum Gasteiger partial charge on any atom is 0.0817 e. The number of hydrogen-bond donors (Lipinski definition) is 0. The maximum atomic E-state index is 6.36. The van der Waals surface area contributed by atoms with Gasteiger partial charge in [0.05, 0.1) is 24.4 Å². The lowest BCUT2D eigenvalue weighted by Crippen LogP contribution is -2.40. The quantitative estimate of drug-likeness (QED) is 0.610. The molecule has 0 amide bonds. The van der Waals surface area contributed by atoms with Crippen molar-refractivity contribution >= 4 is 0 Å². The summed E-state index contributed by atoms with van der Waals surface area (Å²) in [5.41, 5.74) is 0.824. The van der Waals surface area contributed by atoms with Crippen LogP contribution in [0.2, 0.25) is 0 Å². The summed E-state index contributed by atoms with van der Waals surface area (Å²) in [6, 6.07) is 0. The van der Waals surface area contributed by atoms with Crippen molar-refractivity contribution in [2.24, 2.45) is 16.2 Å². The lowest BCUT2D eigenvalue weighted by Gasteiger charge is -2.43. The fraction of sp³-hybridized carbons (Fsp3) is 1.00. The largest absolute Gasteiger partial charge is 0.373 e. The van der Waals surface area contributed by atoms with E-state index < -0.39 is 0 Å². The third-order valence-electron chi connectivity index (χ3n) is 4.62. The van der Waals surface area contributed by atoms with Gasteiger partial charge in [-0.2, -0.15) is 0 Å². The molecule has 0 radical (unpaired) electrons. The van der Waals surface area contributed by atoms with E-state index in [4.69, 9.17) is 9.47 Å². The van der Waals surface area contributed by atoms with Crippen LogP contribution in [0.5, 0.6) is 0 Å². The molecular weight excluding hydrogens is 284 g/mol. The first-order valence-corrected chi connectivity index (χ1v) is 9.39. The highest BCUT2D eigenvalue weighted by Crippen LogP contribution is 2.43. The number of hydrogen-bond acceptors (Lipinski definition) is 2. The standard InChI is InChI=1S/C21H42O2/c1-16-11-19(5,6)15-20(7,8)12-17(23-16)13-22-21(9,10)14-18(2,3)4/h16-17H,11-15H2,1-10H3. The molecule has 1 fully saturated rings. The van der Waals surface area contributed by atoms with Crippen molar-refractivity contribution < 1.29 is 9.47 Å². The van der Waals surface area contributed by atoms with Gasteiger partial charge in [0.1, 0.15) is 0 Å². The van der Waals surface area contributed by atoms with Gasteiger partial charge in [0, 0.05) is 0 Å². The molecule has 2 unspecified atom stereocenters. The Bertz CT molecular complexity index is 374. The minimum absolute atomic E-state index is 0.101. The zero-order valence-corrected chi connectivity index (χ0v) is 17.5. The monoisotopic (exact) mass is 326 g/mol. The van der Waals surface area contributed by atoms with Crippen LogP contribution in [0.4, 0.5) is 0 Å². The second-order valence-electron chi connectivity index (χ2n) is 11.3. The van der Waals surface area contributed by atoms with Gasteiger partial charge in [0.15, 0.2) is 0 Å². The van der Waals surface area contributed by atoms with Gasteiger partial charge >= 0.3 is 0 Å². The van der Waals surface area contributed by atoms with E-state index in [1.807, 2.05) is 0 Å². The summed E-state index contributed by atoms with van der Waals surface area (Å²) in [5, 5.41) is 0. The van der Waals surface area contributed by atoms with Crippen molar-refractivity contribution in [3.63, 3.8) is 0 Å². The molecular formula is C21H42O2. The minimum atomic E-state index is -0.101. The lowest BCUT2D eigenvalue weighted by molar-refractivity contribution is -0.134. The Morgan fingerprint density at radius 1 is 0.957 bits per heavy atom. The van der Waals surface area contributed by atoms with Gasteiger partial charge in [0.2, 0.25) is 0 Å². The van der Waals surface area contributed by atoms with E-state index in [1.165, 1.54) is 6.42 Å². The molecule has 1 heterocycles. The molecule has 138 valence electrons. The fourth-order valence-electron chi connectivity index (χ4n) is 5.00. The minimum Gasteiger partial charge on any atom is -0.373 e. The molecule has 0 aromatic rings. The topological polar surface area (TPSA) is 18.5 Å². The second-order valence-corrected chi connectivity index (χ2v) is 11.3. The Labute approximate surface area is 145 Å². The zero-order chi connectivity index (χ0) is 18.1. The average Bonchev–Trinajstić information content (AvgIpc) is 2.17. The van der Waals surface area contributed by atoms with E-state index in [1.54, 1.807) is 0 Å². The summed E-state index contributed by atoms with van der Waals surface area (Å²) < 4.78 is 12.7. The Kier molecular flexibility index (Phi) is 6.41. The van der Waals surface area contributed by atoms with Crippen molar-refractivity contribution in [2.45, 2.75) is 113 Å². The Morgan fingerprint density at radius 3 is 2.00 bits per heavy atom. The van der Waals surface area contributed by atoms with E-state index >= 15 is 0 Å². The molecule has 2 nitrogen and oxygen atoms in total. The highest BCUT2D eigenvalue weighted by atomic mass is 16.5. The highest BCUT2D eigenvalue weighted by Gasteiger charge is 2.37. The van der Waals surface area contributed by atoms with Gasteiger partial charge in [0.25, 0.3) is 0 Å². The summed E-state index contributed by atoms with van der Waals surface area (Å²) in [6.07, 6.45) is 5.01. The molecule has 1 aliphatic rings. The lowest BCUT2D eigenvalue weighted by atomic mass is 9.69. The predicted octanol–water partition coefficient (Wildman–Crippen LogP) is 6.23. The molecule has 2 heteroatoms. The zero-order valence-electron chi connectivity index (χ0n) is 17.5. The van der Waals surface area contributed by atoms with Crippen molar-refractivity contribution in [3.05, 3.63) is 0 Å². The van der Waals surface area contributed by atoms with Crippen molar-refractivity contribution in [1.29, 1.82) is 0 Å². The van der Waals surface area contributed by atoms with Crippen LogP contribution in [0.15, 0.2) is 0 Å². The van der Waals surface area contributed by atoms with E-state index in [2.05, 4.69) is 69.2 Å². The van der Waals surface area contributed by atoms with Crippen LogP contribution in [-0.4, -0.2) is 24.4 Å². The van der Waals surface area contributed by atoms with Gasteiger partial charge in [-0.05, 0) is 62.7 Å². The predicted molar refractivity (Wildman–Crippen MR) is 99.9 cm³/mol. The summed E-state index contributed by atoms with van der Waals surface area (Å²) in [5.74, 6) is 0. The van der Waals surface area contributed by atoms with Crippen molar-refractivity contribution in [2.75, 3.05) is 6.61 Å². The van der Waals surface area contributed by atoms with Gasteiger partial charge < -0.3 is 9.47 Å². The summed E-state index contributed by atoms with van der Waals surface area (Å²) in [6.45, 7) is 23.7. The van der Waals surface area contributed by atoms with Crippen LogP contribution in [0, 0.1) is 16.2 Å². The molecule has 23 heavy (non-hydrogen) atoms. The average molecular weight is 327 g/mol. The van der Waals surface area contributed by atoms with Gasteiger partial charge in [-0.15, -0.1) is 0 Å². The van der Waals surface area contributed by atoms with Crippen LogP contribution in [0.25, 0.3) is 0 Å². The van der Waals surface area contributed by atoms with Crippen LogP contribution >= 0.6 is 0 Å². The van der Waals surface area contributed by atoms with Gasteiger partial charge in [-0.1, -0.05) is 48.5 Å². The summed E-state index contributed by atoms with van der Waals surface area (Å²) in [4.78, 5) is 0. The Hall–Kier alpha value is -0.0800. The first kappa shape index (κ1) is 21.0. The normalized spacial score (nSPS) is 29.0. The van der Waals surface area contributed by atoms with E-state index in [0.29, 0.717) is 23.5 Å². The fourth-order valence-corrected chi connectivity index (χ4v) is 5.00. The summed E-state index contributed by atoms with van der Waals surface area (Å²) >= 11 is 0. The molecule has 1 rings (SSSR count). The van der Waals surface area contributed by atoms with Crippen LogP contribution in [-0.2, 0) is 9.47 Å². The first-order valence-electron chi connectivity index (χ1n) is 9.39. The summed E-state index contributed by atoms with van der Waals surface area (Å²) in [7, 11) is 0. The van der Waals surface area contributed by atoms with Crippen molar-refractivity contribution in [1.82, 2.24) is 0 Å². The molecule has 0 saturated carbocycles. The van der Waals surface area contributed by atoms with Crippen LogP contribution in [0.1, 0.15) is 94.9 Å². The number of rotatable bonds is 4. The second kappa shape index (κ2) is 7.04. The van der Waals surface area contributed by atoms with E-state index in [0.717, 1.165) is 19.3 Å². The first-order chi connectivity index (χ1) is 10.1. The van der Waals surface area contributed by atoms with Crippen molar-refractivity contribution in [3.8, 4) is 0 Å². The third kappa shape index (κ3) is 8.54. The molecule has 0 bridgehead atoms. The van der Waals surface area contributed by atoms with Crippen LogP contribution in [0.3, 0.4) is 0 Å². The molecule has 1 aliphatic heterocycles. The van der Waals surface area contributed by atoms with E-state index in [-0.39, 0.29) is 17.1 Å². The van der Waals surface area contributed by atoms with Gasteiger partial charge in [-0.3, -0.25) is 0 Å². The smallest absolute Gasteiger partial charge is 0.0817 e. The molecule has 0 aromatic carbocycles. The molecule has 0 aromatic heterocycles. The Balaban J connectivity index is 2.68. The molecule has 2 atom stereocenters. The molecule has 0 N–H and O–H groups in total. The molecule has 1 saturated heterocycles. The maximum absolute atomic E-state index is 6.36. The Morgan fingerprint density at radius 2 is 1.48 bits per heavy atom. The SMILES string of the molecule is CC1CC(C)(C)CC(C)(C)CC(COC(C)(C)CC(C)(C)C)O1.